The number of benzene rings is 2. The van der Waals surface area contributed by atoms with Crippen molar-refractivity contribution in [2.24, 2.45) is 0 Å². The highest BCUT2D eigenvalue weighted by Crippen LogP contribution is 2.31. The molecule has 5 nitrogen and oxygen atoms in total. The van der Waals surface area contributed by atoms with Crippen LogP contribution in [0.1, 0.15) is 34.6 Å². The minimum Gasteiger partial charge on any atom is -0.493 e. The molecule has 1 atom stereocenters. The standard InChI is InChI=1S/C20H17F4N3O2/c1-12(15-8-3-4-9-16(15)21)25-19(28)18-17(29-2)11-27(26-18)14-7-5-6-13(10-14)20(22,23)24/h3-12H,1-2H3,(H,25,28). The van der Waals surface area contributed by atoms with Crippen molar-refractivity contribution in [1.29, 1.82) is 0 Å². The minimum atomic E-state index is -4.51. The lowest BCUT2D eigenvalue weighted by molar-refractivity contribution is -0.137. The molecule has 29 heavy (non-hydrogen) atoms. The van der Waals surface area contributed by atoms with Gasteiger partial charge >= 0.3 is 6.18 Å². The molecule has 3 aromatic rings. The van der Waals surface area contributed by atoms with Crippen LogP contribution in [0, 0.1) is 5.82 Å². The van der Waals surface area contributed by atoms with E-state index in [0.717, 1.165) is 16.8 Å². The summed E-state index contributed by atoms with van der Waals surface area (Å²) in [7, 11) is 1.31. The number of methoxy groups -OCH3 is 1. The summed E-state index contributed by atoms with van der Waals surface area (Å²) in [5.41, 5.74) is -0.576. The van der Waals surface area contributed by atoms with Gasteiger partial charge in [-0.05, 0) is 31.2 Å². The number of nitrogens with one attached hydrogen (secondary N) is 1. The van der Waals surface area contributed by atoms with E-state index in [4.69, 9.17) is 4.74 Å². The summed E-state index contributed by atoms with van der Waals surface area (Å²) in [6.45, 7) is 1.60. The van der Waals surface area contributed by atoms with Crippen LogP contribution in [0.5, 0.6) is 5.75 Å². The summed E-state index contributed by atoms with van der Waals surface area (Å²) in [5, 5.41) is 6.68. The normalized spacial score (nSPS) is 12.5. The van der Waals surface area contributed by atoms with E-state index in [2.05, 4.69) is 10.4 Å². The molecule has 1 N–H and O–H groups in total. The van der Waals surface area contributed by atoms with Gasteiger partial charge in [-0.25, -0.2) is 9.07 Å². The van der Waals surface area contributed by atoms with Crippen molar-refractivity contribution in [1.82, 2.24) is 15.1 Å². The van der Waals surface area contributed by atoms with E-state index < -0.39 is 29.5 Å². The summed E-state index contributed by atoms with van der Waals surface area (Å²) in [6, 6.07) is 9.85. The fourth-order valence-corrected chi connectivity index (χ4v) is 2.79. The number of carbonyl (C=O) groups excluding carboxylic acids is 1. The average Bonchev–Trinajstić information content (AvgIpc) is 3.12. The molecule has 1 unspecified atom stereocenters. The number of rotatable bonds is 5. The molecular formula is C20H17F4N3O2. The molecule has 0 aliphatic heterocycles. The zero-order valence-corrected chi connectivity index (χ0v) is 15.5. The van der Waals surface area contributed by atoms with Crippen molar-refractivity contribution in [3.63, 3.8) is 0 Å². The molecule has 0 radical (unpaired) electrons. The maximum Gasteiger partial charge on any atom is 0.416 e. The van der Waals surface area contributed by atoms with E-state index in [-0.39, 0.29) is 22.7 Å². The van der Waals surface area contributed by atoms with Gasteiger partial charge in [-0.1, -0.05) is 24.3 Å². The van der Waals surface area contributed by atoms with Gasteiger partial charge in [0.15, 0.2) is 11.4 Å². The highest BCUT2D eigenvalue weighted by molar-refractivity contribution is 5.95. The molecule has 0 aliphatic rings. The van der Waals surface area contributed by atoms with E-state index in [0.29, 0.717) is 0 Å². The fourth-order valence-electron chi connectivity index (χ4n) is 2.79. The average molecular weight is 407 g/mol. The van der Waals surface area contributed by atoms with Crippen molar-refractivity contribution in [3.8, 4) is 11.4 Å². The van der Waals surface area contributed by atoms with Gasteiger partial charge in [-0.2, -0.15) is 18.3 Å². The second kappa shape index (κ2) is 7.94. The number of hydrogen-bond donors (Lipinski definition) is 1. The number of halogens is 4. The van der Waals surface area contributed by atoms with Crippen LogP contribution in [-0.2, 0) is 6.18 Å². The Kier molecular flexibility index (Phi) is 5.58. The van der Waals surface area contributed by atoms with Crippen LogP contribution in [0.2, 0.25) is 0 Å². The Morgan fingerprint density at radius 3 is 2.55 bits per heavy atom. The van der Waals surface area contributed by atoms with Crippen molar-refractivity contribution < 1.29 is 27.1 Å². The molecule has 0 saturated carbocycles. The Balaban J connectivity index is 1.89. The number of nitrogens with zero attached hydrogens (tertiary/aromatic N) is 2. The van der Waals surface area contributed by atoms with Crippen LogP contribution in [0.25, 0.3) is 5.69 Å². The molecule has 0 fully saturated rings. The summed E-state index contributed by atoms with van der Waals surface area (Å²) >= 11 is 0. The third kappa shape index (κ3) is 4.39. The largest absolute Gasteiger partial charge is 0.493 e. The molecule has 0 aliphatic carbocycles. The number of carbonyl (C=O) groups is 1. The molecule has 152 valence electrons. The molecule has 1 amide bonds. The summed E-state index contributed by atoms with van der Waals surface area (Å²) in [4.78, 5) is 12.6. The zero-order valence-electron chi connectivity index (χ0n) is 15.5. The molecule has 1 aromatic heterocycles. The van der Waals surface area contributed by atoms with E-state index in [1.165, 1.54) is 37.6 Å². The van der Waals surface area contributed by atoms with Crippen molar-refractivity contribution >= 4 is 5.91 Å². The number of aromatic nitrogens is 2. The highest BCUT2D eigenvalue weighted by atomic mass is 19.4. The van der Waals surface area contributed by atoms with Crippen LogP contribution >= 0.6 is 0 Å². The minimum absolute atomic E-state index is 0.0700. The van der Waals surface area contributed by atoms with Gasteiger partial charge in [-0.3, -0.25) is 4.79 Å². The third-order valence-electron chi connectivity index (χ3n) is 4.27. The van der Waals surface area contributed by atoms with Crippen LogP contribution < -0.4 is 10.1 Å². The van der Waals surface area contributed by atoms with Crippen molar-refractivity contribution in [3.05, 3.63) is 77.4 Å². The highest BCUT2D eigenvalue weighted by Gasteiger charge is 2.31. The van der Waals surface area contributed by atoms with Gasteiger partial charge in [0.25, 0.3) is 5.91 Å². The first-order chi connectivity index (χ1) is 13.7. The maximum absolute atomic E-state index is 13.9. The van der Waals surface area contributed by atoms with Gasteiger partial charge in [-0.15, -0.1) is 0 Å². The Hall–Kier alpha value is -3.36. The number of hydrogen-bond acceptors (Lipinski definition) is 3. The SMILES string of the molecule is COc1cn(-c2cccc(C(F)(F)F)c2)nc1C(=O)NC(C)c1ccccc1F. The first kappa shape index (κ1) is 20.4. The van der Waals surface area contributed by atoms with E-state index in [9.17, 15) is 22.4 Å². The first-order valence-corrected chi connectivity index (χ1v) is 8.57. The topological polar surface area (TPSA) is 56.2 Å². The van der Waals surface area contributed by atoms with E-state index in [1.54, 1.807) is 19.1 Å². The number of alkyl halides is 3. The molecule has 0 saturated heterocycles. The lowest BCUT2D eigenvalue weighted by atomic mass is 10.1. The smallest absolute Gasteiger partial charge is 0.416 e. The molecular weight excluding hydrogens is 390 g/mol. The molecule has 1 heterocycles. The van der Waals surface area contributed by atoms with Crippen LogP contribution in [0.15, 0.2) is 54.7 Å². The monoisotopic (exact) mass is 407 g/mol. The molecule has 0 spiro atoms. The second-order valence-electron chi connectivity index (χ2n) is 6.26. The van der Waals surface area contributed by atoms with E-state index in [1.807, 2.05) is 0 Å². The maximum atomic E-state index is 13.9. The Morgan fingerprint density at radius 1 is 1.17 bits per heavy atom. The summed E-state index contributed by atoms with van der Waals surface area (Å²) in [5.74, 6) is -1.05. The Labute approximate surface area is 163 Å². The predicted octanol–water partition coefficient (Wildman–Crippen LogP) is 4.53. The fraction of sp³-hybridized carbons (Fsp3) is 0.200. The van der Waals surface area contributed by atoms with Crippen molar-refractivity contribution in [2.75, 3.05) is 7.11 Å². The molecule has 3 rings (SSSR count). The number of ether oxygens (including phenoxy) is 1. The zero-order chi connectivity index (χ0) is 21.2. The lowest BCUT2D eigenvalue weighted by Gasteiger charge is -2.14. The quantitative estimate of drug-likeness (QED) is 0.633. The van der Waals surface area contributed by atoms with E-state index >= 15 is 0 Å². The third-order valence-corrected chi connectivity index (χ3v) is 4.27. The van der Waals surface area contributed by atoms with Gasteiger partial charge in [0.05, 0.1) is 30.6 Å². The van der Waals surface area contributed by atoms with Gasteiger partial charge in [0.2, 0.25) is 0 Å². The second-order valence-corrected chi connectivity index (χ2v) is 6.26. The molecule has 9 heteroatoms. The molecule has 2 aromatic carbocycles. The van der Waals surface area contributed by atoms with Crippen molar-refractivity contribution in [2.45, 2.75) is 19.1 Å². The van der Waals surface area contributed by atoms with Gasteiger partial charge in [0.1, 0.15) is 5.82 Å². The summed E-state index contributed by atoms with van der Waals surface area (Å²) in [6.07, 6.45) is -3.21. The van der Waals surface area contributed by atoms with Gasteiger partial charge in [0, 0.05) is 5.56 Å². The van der Waals surface area contributed by atoms with Crippen LogP contribution in [-0.4, -0.2) is 22.8 Å². The summed E-state index contributed by atoms with van der Waals surface area (Å²) < 4.78 is 59.0. The van der Waals surface area contributed by atoms with Gasteiger partial charge < -0.3 is 10.1 Å². The molecule has 0 bridgehead atoms. The predicted molar refractivity (Wildman–Crippen MR) is 97.4 cm³/mol. The van der Waals surface area contributed by atoms with Crippen LogP contribution in [0.3, 0.4) is 0 Å². The Morgan fingerprint density at radius 2 is 1.90 bits per heavy atom. The Bertz CT molecular complexity index is 1030. The number of amides is 1. The van der Waals surface area contributed by atoms with Crippen LogP contribution in [0.4, 0.5) is 17.6 Å². The first-order valence-electron chi connectivity index (χ1n) is 8.57. The lowest BCUT2D eigenvalue weighted by Crippen LogP contribution is -2.28.